The van der Waals surface area contributed by atoms with Gasteiger partial charge >= 0.3 is 5.97 Å². The molecular weight excluding hydrogens is 514 g/mol. The van der Waals surface area contributed by atoms with Crippen LogP contribution >= 0.6 is 0 Å². The van der Waals surface area contributed by atoms with Crippen LogP contribution in [0.3, 0.4) is 0 Å². The first kappa shape index (κ1) is 29.1. The van der Waals surface area contributed by atoms with Crippen molar-refractivity contribution in [2.24, 2.45) is 11.5 Å². The molecule has 2 aliphatic rings. The van der Waals surface area contributed by atoms with Crippen molar-refractivity contribution in [3.63, 3.8) is 0 Å². The highest BCUT2D eigenvalue weighted by Crippen LogP contribution is 2.26. The molecule has 3 amide bonds. The summed E-state index contributed by atoms with van der Waals surface area (Å²) in [5.74, 6) is -2.27. The number of rotatable bonds is 11. The maximum absolute atomic E-state index is 13.3. The molecule has 0 saturated carbocycles. The monoisotopic (exact) mass is 553 g/mol. The summed E-state index contributed by atoms with van der Waals surface area (Å²) in [4.78, 5) is 52.8. The van der Waals surface area contributed by atoms with E-state index in [1.54, 1.807) is 0 Å². The smallest absolute Gasteiger partial charge is 0.321 e. The number of fused-ring (bicyclic) bond motifs is 1. The summed E-state index contributed by atoms with van der Waals surface area (Å²) in [5.41, 5.74) is 14.0. The van der Waals surface area contributed by atoms with E-state index in [1.807, 2.05) is 23.1 Å². The summed E-state index contributed by atoms with van der Waals surface area (Å²) in [6, 6.07) is 5.91. The van der Waals surface area contributed by atoms with Crippen LogP contribution in [0.1, 0.15) is 56.7 Å². The lowest BCUT2D eigenvalue weighted by Gasteiger charge is -2.34. The fourth-order valence-electron chi connectivity index (χ4n) is 5.86. The summed E-state index contributed by atoms with van der Waals surface area (Å²) in [5, 5.41) is 20.3. The van der Waals surface area contributed by atoms with E-state index >= 15 is 0 Å². The lowest BCUT2D eigenvalue weighted by atomic mass is 10.0. The second-order valence-corrected chi connectivity index (χ2v) is 10.7. The second kappa shape index (κ2) is 12.5. The summed E-state index contributed by atoms with van der Waals surface area (Å²) < 4.78 is 2.23. The van der Waals surface area contributed by atoms with Gasteiger partial charge in [0.2, 0.25) is 17.7 Å². The Balaban J connectivity index is 1.36. The molecule has 1 aromatic heterocycles. The van der Waals surface area contributed by atoms with E-state index in [2.05, 4.69) is 22.9 Å². The number of likely N-dealkylation sites (tertiary alicyclic amines) is 2. The van der Waals surface area contributed by atoms with Gasteiger partial charge in [-0.2, -0.15) is 0 Å². The van der Waals surface area contributed by atoms with E-state index in [0.717, 1.165) is 43.1 Å². The third kappa shape index (κ3) is 6.44. The Morgan fingerprint density at radius 1 is 1.18 bits per heavy atom. The number of carboxylic acids is 1. The van der Waals surface area contributed by atoms with Gasteiger partial charge < -0.3 is 36.3 Å². The zero-order valence-corrected chi connectivity index (χ0v) is 22.9. The van der Waals surface area contributed by atoms with Gasteiger partial charge in [-0.1, -0.05) is 12.1 Å². The van der Waals surface area contributed by atoms with E-state index < -0.39 is 30.4 Å². The number of nitrogen functional groups attached to an aromatic ring is 1. The van der Waals surface area contributed by atoms with E-state index in [0.29, 0.717) is 31.5 Å². The fraction of sp³-hybridized carbons (Fsp3) is 0.536. The lowest BCUT2D eigenvalue weighted by molar-refractivity contribution is -0.145. The number of nitrogens with one attached hydrogen (secondary N) is 2. The number of nitrogens with two attached hydrogens (primary N) is 2. The molecule has 0 unspecified atom stereocenters. The molecule has 0 bridgehead atoms. The number of aryl methyl sites for hydroxylation is 2. The molecule has 3 heterocycles. The quantitative estimate of drug-likeness (QED) is 0.201. The Bertz CT molecular complexity index is 1310. The Morgan fingerprint density at radius 3 is 2.62 bits per heavy atom. The minimum atomic E-state index is -1.33. The van der Waals surface area contributed by atoms with Crippen LogP contribution in [-0.4, -0.2) is 86.8 Å². The average molecular weight is 554 g/mol. The molecule has 12 nitrogen and oxygen atoms in total. The highest BCUT2D eigenvalue weighted by Gasteiger charge is 2.35. The minimum Gasteiger partial charge on any atom is -0.480 e. The van der Waals surface area contributed by atoms with Crippen LogP contribution in [0.15, 0.2) is 24.3 Å². The van der Waals surface area contributed by atoms with Gasteiger partial charge in [-0.25, -0.2) is 0 Å². The highest BCUT2D eigenvalue weighted by molar-refractivity contribution is 5.98. The predicted molar refractivity (Wildman–Crippen MR) is 150 cm³/mol. The van der Waals surface area contributed by atoms with Gasteiger partial charge in [-0.15, -0.1) is 0 Å². The number of nitrogens with zero attached hydrogens (tertiary/aromatic N) is 3. The van der Waals surface area contributed by atoms with Gasteiger partial charge in [-0.05, 0) is 63.0 Å². The number of hydrogen-bond acceptors (Lipinski definition) is 6. The largest absolute Gasteiger partial charge is 0.480 e. The normalized spacial score (nSPS) is 20.1. The second-order valence-electron chi connectivity index (χ2n) is 10.7. The van der Waals surface area contributed by atoms with Crippen molar-refractivity contribution in [2.45, 2.75) is 76.5 Å². The maximum atomic E-state index is 13.3. The third-order valence-electron chi connectivity index (χ3n) is 7.96. The van der Waals surface area contributed by atoms with Crippen molar-refractivity contribution >= 4 is 40.4 Å². The van der Waals surface area contributed by atoms with Gasteiger partial charge in [0.25, 0.3) is 0 Å². The molecular formula is C28H39N7O5. The molecule has 40 heavy (non-hydrogen) atoms. The number of carboxylic acid groups (broad SMARTS) is 1. The first-order chi connectivity index (χ1) is 19.1. The molecule has 2 aromatic rings. The molecule has 0 spiro atoms. The molecule has 2 fully saturated rings. The maximum Gasteiger partial charge on any atom is 0.321 e. The molecule has 1 aromatic carbocycles. The van der Waals surface area contributed by atoms with E-state index in [-0.39, 0.29) is 30.2 Å². The first-order valence-corrected chi connectivity index (χ1v) is 13.9. The highest BCUT2D eigenvalue weighted by atomic mass is 16.4. The summed E-state index contributed by atoms with van der Waals surface area (Å²) in [7, 11) is 0. The van der Waals surface area contributed by atoms with Crippen LogP contribution in [0.2, 0.25) is 0 Å². The Hall–Kier alpha value is -3.93. The summed E-state index contributed by atoms with van der Waals surface area (Å²) in [6.45, 7) is 3.91. The number of piperidine rings is 1. The Labute approximate surface area is 233 Å². The van der Waals surface area contributed by atoms with Crippen LogP contribution in [0, 0.1) is 5.41 Å². The van der Waals surface area contributed by atoms with Crippen LogP contribution in [0.4, 0.5) is 0 Å². The molecule has 216 valence electrons. The van der Waals surface area contributed by atoms with Gasteiger partial charge in [-0.3, -0.25) is 24.6 Å². The molecule has 4 rings (SSSR count). The van der Waals surface area contributed by atoms with Gasteiger partial charge in [0.15, 0.2) is 0 Å². The molecule has 12 heteroatoms. The first-order valence-electron chi connectivity index (χ1n) is 13.9. The summed E-state index contributed by atoms with van der Waals surface area (Å²) >= 11 is 0. The van der Waals surface area contributed by atoms with Crippen molar-refractivity contribution in [1.29, 1.82) is 5.41 Å². The summed E-state index contributed by atoms with van der Waals surface area (Å²) in [6.07, 6.45) is 4.06. The van der Waals surface area contributed by atoms with Crippen LogP contribution < -0.4 is 16.8 Å². The minimum absolute atomic E-state index is 0.0377. The number of benzene rings is 1. The third-order valence-corrected chi connectivity index (χ3v) is 7.96. The van der Waals surface area contributed by atoms with Gasteiger partial charge in [0.1, 0.15) is 17.9 Å². The van der Waals surface area contributed by atoms with E-state index in [9.17, 15) is 19.2 Å². The van der Waals surface area contributed by atoms with Crippen molar-refractivity contribution in [1.82, 2.24) is 19.7 Å². The molecule has 2 saturated heterocycles. The standard InChI is InChI=1S/C28H39N7O5/c1-2-34-20(13-17-7-8-18(26(30)31)14-23(17)34)10-9-19-5-3-12-35(19)25(37)16-33-11-4-6-22(27(33)38)32-24(36)15-21(29)28(39)40/h7-8,13-14,19,21-22H,2-6,9-12,15-16,29H2,1H3,(H3,30,31)(H,32,36)(H,39,40)/t19-,21+,22-/m0/s1. The topological polar surface area (TPSA) is 188 Å². The molecule has 0 aliphatic carbocycles. The van der Waals surface area contributed by atoms with Gasteiger partial charge in [0, 0.05) is 42.5 Å². The SMILES string of the molecule is CCn1c(CC[C@@H]2CCCN2C(=O)CN2CCC[C@H](NC(=O)C[C@@H](N)C(=O)O)C2=O)cc2ccc(C(=N)N)cc21. The number of carbonyl (C=O) groups is 4. The zero-order chi connectivity index (χ0) is 29.0. The number of carbonyl (C=O) groups excluding carboxylic acids is 3. The van der Waals surface area contributed by atoms with E-state index in [4.69, 9.17) is 22.0 Å². The molecule has 7 N–H and O–H groups in total. The van der Waals surface area contributed by atoms with Crippen LogP contribution in [-0.2, 0) is 32.1 Å². The molecule has 0 radical (unpaired) electrons. The van der Waals surface area contributed by atoms with Crippen molar-refractivity contribution < 1.29 is 24.3 Å². The van der Waals surface area contributed by atoms with E-state index in [1.165, 1.54) is 10.6 Å². The number of amides is 3. The van der Waals surface area contributed by atoms with Crippen molar-refractivity contribution in [3.05, 3.63) is 35.5 Å². The predicted octanol–water partition coefficient (Wildman–Crippen LogP) is 0.778. The van der Waals surface area contributed by atoms with Crippen molar-refractivity contribution in [3.8, 4) is 0 Å². The number of amidine groups is 1. The van der Waals surface area contributed by atoms with Crippen LogP contribution in [0.5, 0.6) is 0 Å². The lowest BCUT2D eigenvalue weighted by Crippen LogP contribution is -2.55. The number of aliphatic carboxylic acids is 1. The van der Waals surface area contributed by atoms with Crippen LogP contribution in [0.25, 0.3) is 10.9 Å². The van der Waals surface area contributed by atoms with Crippen molar-refractivity contribution in [2.75, 3.05) is 19.6 Å². The van der Waals surface area contributed by atoms with Gasteiger partial charge in [0.05, 0.1) is 13.0 Å². The average Bonchev–Trinajstić information content (AvgIpc) is 3.53. The fourth-order valence-corrected chi connectivity index (χ4v) is 5.86. The zero-order valence-electron chi connectivity index (χ0n) is 22.9. The Morgan fingerprint density at radius 2 is 1.93 bits per heavy atom. The number of aromatic nitrogens is 1. The Kier molecular flexibility index (Phi) is 9.08. The molecule has 2 aliphatic heterocycles. The number of hydrogen-bond donors (Lipinski definition) is 5. The molecule has 3 atom stereocenters.